The maximum Gasteiger partial charge on any atom is 0.322 e. The molecule has 0 saturated carbocycles. The Bertz CT molecular complexity index is 1040. The third-order valence-corrected chi connectivity index (χ3v) is 5.13. The van der Waals surface area contributed by atoms with Crippen LogP contribution in [0.2, 0.25) is 10.0 Å². The van der Waals surface area contributed by atoms with E-state index in [1.807, 2.05) is 54.6 Å². The van der Waals surface area contributed by atoms with Crippen molar-refractivity contribution in [1.82, 2.24) is 9.88 Å². The third-order valence-electron chi connectivity index (χ3n) is 4.59. The number of nitrogens with zero attached hydrogens (tertiary/aromatic N) is 2. The second kappa shape index (κ2) is 11.4. The normalized spacial score (nSPS) is 10.8. The molecule has 2 aromatic carbocycles. The Labute approximate surface area is 192 Å². The molecule has 0 unspecified atom stereocenters. The van der Waals surface area contributed by atoms with Crippen molar-refractivity contribution < 1.29 is 9.53 Å². The quantitative estimate of drug-likeness (QED) is 0.440. The molecule has 3 aromatic rings. The Kier molecular flexibility index (Phi) is 8.33. The summed E-state index contributed by atoms with van der Waals surface area (Å²) in [7, 11) is 1.63. The van der Waals surface area contributed by atoms with Crippen molar-refractivity contribution in [2.45, 2.75) is 6.42 Å². The first-order valence-corrected chi connectivity index (χ1v) is 10.5. The lowest BCUT2D eigenvalue weighted by Gasteiger charge is -2.22. The molecule has 0 fully saturated rings. The van der Waals surface area contributed by atoms with Gasteiger partial charge in [-0.25, -0.2) is 4.79 Å². The molecule has 1 heterocycles. The number of methoxy groups -OCH3 is 1. The smallest absolute Gasteiger partial charge is 0.322 e. The zero-order chi connectivity index (χ0) is 22.1. The number of hydrogen-bond donors (Lipinski definition) is 1. The van der Waals surface area contributed by atoms with Gasteiger partial charge in [0.1, 0.15) is 5.75 Å². The number of halogens is 2. The third kappa shape index (κ3) is 6.74. The SMILES string of the molecule is COc1ccccc1/C=C/CN(CCc1ccccn1)C(=O)Nc1ccc(Cl)cc1Cl. The lowest BCUT2D eigenvalue weighted by molar-refractivity contribution is 0.217. The average molecular weight is 456 g/mol. The first-order chi connectivity index (χ1) is 15.1. The summed E-state index contributed by atoms with van der Waals surface area (Å²) in [5, 5.41) is 3.76. The fourth-order valence-corrected chi connectivity index (χ4v) is 3.42. The monoisotopic (exact) mass is 455 g/mol. The second-order valence-electron chi connectivity index (χ2n) is 6.72. The highest BCUT2D eigenvalue weighted by atomic mass is 35.5. The van der Waals surface area contributed by atoms with Crippen LogP contribution in [-0.4, -0.2) is 36.1 Å². The summed E-state index contributed by atoms with van der Waals surface area (Å²) in [4.78, 5) is 19.0. The van der Waals surface area contributed by atoms with Gasteiger partial charge in [0.2, 0.25) is 0 Å². The minimum absolute atomic E-state index is 0.259. The number of aromatic nitrogens is 1. The molecule has 1 aromatic heterocycles. The Balaban J connectivity index is 1.73. The van der Waals surface area contributed by atoms with Crippen LogP contribution >= 0.6 is 23.2 Å². The van der Waals surface area contributed by atoms with E-state index in [0.29, 0.717) is 35.2 Å². The number of ether oxygens (including phenoxy) is 1. The van der Waals surface area contributed by atoms with E-state index in [2.05, 4.69) is 10.3 Å². The summed E-state index contributed by atoms with van der Waals surface area (Å²) in [6.07, 6.45) is 6.24. The van der Waals surface area contributed by atoms with Crippen LogP contribution in [0.5, 0.6) is 5.75 Å². The van der Waals surface area contributed by atoms with Crippen molar-refractivity contribution in [3.63, 3.8) is 0 Å². The first kappa shape index (κ1) is 22.7. The molecular formula is C24H23Cl2N3O2. The lowest BCUT2D eigenvalue weighted by Crippen LogP contribution is -2.36. The highest BCUT2D eigenvalue weighted by molar-refractivity contribution is 6.36. The molecule has 0 aliphatic heterocycles. The van der Waals surface area contributed by atoms with Gasteiger partial charge in [-0.05, 0) is 36.4 Å². The van der Waals surface area contributed by atoms with Crippen LogP contribution in [0.4, 0.5) is 10.5 Å². The average Bonchev–Trinajstić information content (AvgIpc) is 2.78. The van der Waals surface area contributed by atoms with Crippen LogP contribution in [0.3, 0.4) is 0 Å². The second-order valence-corrected chi connectivity index (χ2v) is 7.56. The topological polar surface area (TPSA) is 54.5 Å². The van der Waals surface area contributed by atoms with Crippen LogP contribution in [0.25, 0.3) is 6.08 Å². The molecule has 0 radical (unpaired) electrons. The number of pyridine rings is 1. The van der Waals surface area contributed by atoms with Crippen LogP contribution < -0.4 is 10.1 Å². The molecule has 0 aliphatic carbocycles. The van der Waals surface area contributed by atoms with E-state index in [0.717, 1.165) is 17.0 Å². The van der Waals surface area contributed by atoms with Crippen LogP contribution in [0.15, 0.2) is 72.9 Å². The highest BCUT2D eigenvalue weighted by Gasteiger charge is 2.14. The predicted octanol–water partition coefficient (Wildman–Crippen LogP) is 6.19. The van der Waals surface area contributed by atoms with E-state index in [1.54, 1.807) is 36.4 Å². The van der Waals surface area contributed by atoms with Crippen molar-refractivity contribution in [3.8, 4) is 5.75 Å². The minimum atomic E-state index is -0.259. The number of benzene rings is 2. The van der Waals surface area contributed by atoms with Gasteiger partial charge in [0.25, 0.3) is 0 Å². The molecule has 2 amide bonds. The minimum Gasteiger partial charge on any atom is -0.496 e. The Morgan fingerprint density at radius 2 is 1.94 bits per heavy atom. The van der Waals surface area contributed by atoms with Gasteiger partial charge in [-0.2, -0.15) is 0 Å². The molecule has 160 valence electrons. The number of rotatable bonds is 8. The summed E-state index contributed by atoms with van der Waals surface area (Å²) >= 11 is 12.2. The van der Waals surface area contributed by atoms with Gasteiger partial charge in [-0.3, -0.25) is 4.98 Å². The van der Waals surface area contributed by atoms with Crippen molar-refractivity contribution in [2.24, 2.45) is 0 Å². The van der Waals surface area contributed by atoms with Crippen LogP contribution in [0, 0.1) is 0 Å². The predicted molar refractivity (Wildman–Crippen MR) is 127 cm³/mol. The number of hydrogen-bond acceptors (Lipinski definition) is 3. The molecule has 5 nitrogen and oxygen atoms in total. The number of para-hydroxylation sites is 1. The van der Waals surface area contributed by atoms with Gasteiger partial charge < -0.3 is 15.0 Å². The van der Waals surface area contributed by atoms with Crippen molar-refractivity contribution >= 4 is 41.0 Å². The van der Waals surface area contributed by atoms with Crippen LogP contribution in [-0.2, 0) is 6.42 Å². The van der Waals surface area contributed by atoms with E-state index in [1.165, 1.54) is 0 Å². The maximum atomic E-state index is 13.0. The van der Waals surface area contributed by atoms with Gasteiger partial charge >= 0.3 is 6.03 Å². The number of carbonyl (C=O) groups excluding carboxylic acids is 1. The van der Waals surface area contributed by atoms with Crippen molar-refractivity contribution in [3.05, 3.63) is 94.2 Å². The highest BCUT2D eigenvalue weighted by Crippen LogP contribution is 2.25. The summed E-state index contributed by atoms with van der Waals surface area (Å²) in [6, 6.07) is 18.2. The molecule has 0 saturated heterocycles. The number of amides is 2. The van der Waals surface area contributed by atoms with Gasteiger partial charge in [0.15, 0.2) is 0 Å². The molecule has 1 N–H and O–H groups in total. The fraction of sp³-hybridized carbons (Fsp3) is 0.167. The molecule has 0 spiro atoms. The summed E-state index contributed by atoms with van der Waals surface area (Å²) in [5.41, 5.74) is 2.36. The zero-order valence-electron chi connectivity index (χ0n) is 17.1. The lowest BCUT2D eigenvalue weighted by atomic mass is 10.2. The van der Waals surface area contributed by atoms with Crippen molar-refractivity contribution in [2.75, 3.05) is 25.5 Å². The van der Waals surface area contributed by atoms with Crippen LogP contribution in [0.1, 0.15) is 11.3 Å². The Morgan fingerprint density at radius 3 is 2.68 bits per heavy atom. The summed E-state index contributed by atoms with van der Waals surface area (Å²) in [6.45, 7) is 0.895. The Hall–Kier alpha value is -3.02. The summed E-state index contributed by atoms with van der Waals surface area (Å²) in [5.74, 6) is 0.774. The number of anilines is 1. The molecule has 0 atom stereocenters. The molecular weight excluding hydrogens is 433 g/mol. The molecule has 31 heavy (non-hydrogen) atoms. The van der Waals surface area contributed by atoms with E-state index < -0.39 is 0 Å². The molecule has 3 rings (SSSR count). The van der Waals surface area contributed by atoms with Gasteiger partial charge in [-0.1, -0.05) is 59.6 Å². The van der Waals surface area contributed by atoms with Gasteiger partial charge in [-0.15, -0.1) is 0 Å². The molecule has 0 bridgehead atoms. The largest absolute Gasteiger partial charge is 0.496 e. The van der Waals surface area contributed by atoms with E-state index in [9.17, 15) is 4.79 Å². The van der Waals surface area contributed by atoms with E-state index >= 15 is 0 Å². The summed E-state index contributed by atoms with van der Waals surface area (Å²) < 4.78 is 5.38. The van der Waals surface area contributed by atoms with E-state index in [-0.39, 0.29) is 6.03 Å². The Morgan fingerprint density at radius 1 is 1.13 bits per heavy atom. The number of urea groups is 1. The van der Waals surface area contributed by atoms with Crippen molar-refractivity contribution in [1.29, 1.82) is 0 Å². The molecule has 0 aliphatic rings. The molecule has 7 heteroatoms. The maximum absolute atomic E-state index is 13.0. The zero-order valence-corrected chi connectivity index (χ0v) is 18.6. The number of carbonyl (C=O) groups is 1. The van der Waals surface area contributed by atoms with Gasteiger partial charge in [0, 0.05) is 42.0 Å². The van der Waals surface area contributed by atoms with Gasteiger partial charge in [0.05, 0.1) is 17.8 Å². The fourth-order valence-electron chi connectivity index (χ4n) is 2.97. The van der Waals surface area contributed by atoms with E-state index in [4.69, 9.17) is 27.9 Å². The standard InChI is InChI=1S/C24H23Cl2N3O2/c1-31-23-10-3-2-7-18(23)8-6-15-29(16-13-20-9-4-5-14-27-20)24(30)28-22-12-11-19(25)17-21(22)26/h2-12,14,17H,13,15-16H2,1H3,(H,28,30)/b8-6+. The number of nitrogens with one attached hydrogen (secondary N) is 1. The first-order valence-electron chi connectivity index (χ1n) is 9.77.